The molecular formula is C29H29ClN2O3. The number of nitrogens with zero attached hydrogens (tertiary/aromatic N) is 1. The largest absolute Gasteiger partial charge is 0.466 e. The summed E-state index contributed by atoms with van der Waals surface area (Å²) < 4.78 is 7.34. The van der Waals surface area contributed by atoms with Crippen LogP contribution in [-0.2, 0) is 27.3 Å². The number of ether oxygens (including phenoxy) is 1. The predicted octanol–water partition coefficient (Wildman–Crippen LogP) is 6.09. The summed E-state index contributed by atoms with van der Waals surface area (Å²) in [4.78, 5) is 25.2. The van der Waals surface area contributed by atoms with Gasteiger partial charge in [0.25, 0.3) is 0 Å². The van der Waals surface area contributed by atoms with Gasteiger partial charge in [0.05, 0.1) is 19.1 Å². The van der Waals surface area contributed by atoms with Crippen LogP contribution in [0.3, 0.4) is 0 Å². The van der Waals surface area contributed by atoms with Crippen molar-refractivity contribution in [1.29, 1.82) is 0 Å². The van der Waals surface area contributed by atoms with E-state index in [1.165, 1.54) is 5.56 Å². The van der Waals surface area contributed by atoms with E-state index in [-0.39, 0.29) is 24.9 Å². The predicted molar refractivity (Wildman–Crippen MR) is 139 cm³/mol. The van der Waals surface area contributed by atoms with Crippen LogP contribution in [0, 0.1) is 0 Å². The van der Waals surface area contributed by atoms with E-state index in [0.29, 0.717) is 23.4 Å². The van der Waals surface area contributed by atoms with Crippen LogP contribution in [0.5, 0.6) is 0 Å². The smallest absolute Gasteiger partial charge is 0.308 e. The molecule has 0 spiro atoms. The lowest BCUT2D eigenvalue weighted by Gasteiger charge is -2.19. The number of rotatable bonds is 10. The summed E-state index contributed by atoms with van der Waals surface area (Å²) in [6.45, 7) is 2.81. The molecule has 0 saturated carbocycles. The third kappa shape index (κ3) is 6.31. The van der Waals surface area contributed by atoms with Gasteiger partial charge in [0.2, 0.25) is 5.91 Å². The minimum Gasteiger partial charge on any atom is -0.466 e. The second-order valence-electron chi connectivity index (χ2n) is 8.44. The molecule has 35 heavy (non-hydrogen) atoms. The molecule has 0 aliphatic rings. The molecule has 1 unspecified atom stereocenters. The van der Waals surface area contributed by atoms with Gasteiger partial charge in [0.1, 0.15) is 0 Å². The molecule has 6 heteroatoms. The summed E-state index contributed by atoms with van der Waals surface area (Å²) in [5, 5.41) is 4.65. The zero-order valence-corrected chi connectivity index (χ0v) is 20.5. The van der Waals surface area contributed by atoms with Crippen LogP contribution >= 0.6 is 11.6 Å². The molecule has 1 aromatic heterocycles. The summed E-state index contributed by atoms with van der Waals surface area (Å²) in [6, 6.07) is 25.3. The standard InChI is InChI=1S/C29H29ClN2O3/c1-2-35-29(34)18-26(24-13-6-8-14-25(24)30)31-28(33)17-16-22-20-32(19-21-10-4-3-5-11-21)27-15-9-7-12-23(22)27/h3-15,20,26H,2,16-19H2,1H3,(H,31,33). The number of nitrogens with one attached hydrogen (secondary N) is 1. The Morgan fingerprint density at radius 2 is 1.69 bits per heavy atom. The molecule has 1 amide bonds. The molecule has 0 bridgehead atoms. The van der Waals surface area contributed by atoms with Gasteiger partial charge in [0.15, 0.2) is 0 Å². The molecule has 1 N–H and O–H groups in total. The van der Waals surface area contributed by atoms with Crippen molar-refractivity contribution in [2.24, 2.45) is 0 Å². The molecule has 0 fully saturated rings. The zero-order chi connectivity index (χ0) is 24.6. The molecule has 1 atom stereocenters. The fourth-order valence-electron chi connectivity index (χ4n) is 4.33. The van der Waals surface area contributed by atoms with Crippen molar-refractivity contribution in [2.75, 3.05) is 6.61 Å². The van der Waals surface area contributed by atoms with E-state index in [2.05, 4.69) is 40.3 Å². The van der Waals surface area contributed by atoms with Crippen molar-refractivity contribution in [1.82, 2.24) is 9.88 Å². The maximum Gasteiger partial charge on any atom is 0.308 e. The monoisotopic (exact) mass is 488 g/mol. The first-order valence-electron chi connectivity index (χ1n) is 11.8. The van der Waals surface area contributed by atoms with Gasteiger partial charge in [0, 0.05) is 35.1 Å². The third-order valence-corrected chi connectivity index (χ3v) is 6.32. The van der Waals surface area contributed by atoms with Gasteiger partial charge in [-0.25, -0.2) is 0 Å². The maximum absolute atomic E-state index is 13.0. The van der Waals surface area contributed by atoms with E-state index in [0.717, 1.165) is 23.0 Å². The lowest BCUT2D eigenvalue weighted by Crippen LogP contribution is -2.31. The van der Waals surface area contributed by atoms with Crippen LogP contribution in [0.25, 0.3) is 10.9 Å². The minimum absolute atomic E-state index is 0.0275. The first kappa shape index (κ1) is 24.6. The van der Waals surface area contributed by atoms with Crippen LogP contribution in [0.15, 0.2) is 85.1 Å². The van der Waals surface area contributed by atoms with Gasteiger partial charge in [-0.1, -0.05) is 78.3 Å². The van der Waals surface area contributed by atoms with Crippen LogP contribution in [0.4, 0.5) is 0 Å². The lowest BCUT2D eigenvalue weighted by molar-refractivity contribution is -0.143. The van der Waals surface area contributed by atoms with Crippen molar-refractivity contribution in [2.45, 2.75) is 38.8 Å². The van der Waals surface area contributed by atoms with E-state index in [9.17, 15) is 9.59 Å². The lowest BCUT2D eigenvalue weighted by atomic mass is 10.0. The Morgan fingerprint density at radius 3 is 2.46 bits per heavy atom. The molecule has 0 aliphatic heterocycles. The second-order valence-corrected chi connectivity index (χ2v) is 8.84. The van der Waals surface area contributed by atoms with Crippen LogP contribution in [0.1, 0.15) is 42.5 Å². The second kappa shape index (κ2) is 11.7. The number of fused-ring (bicyclic) bond motifs is 1. The van der Waals surface area contributed by atoms with Gasteiger partial charge < -0.3 is 14.6 Å². The minimum atomic E-state index is -0.547. The van der Waals surface area contributed by atoms with Crippen LogP contribution in [0.2, 0.25) is 5.02 Å². The number of carbonyl (C=O) groups excluding carboxylic acids is 2. The number of hydrogen-bond donors (Lipinski definition) is 1. The van der Waals surface area contributed by atoms with Gasteiger partial charge in [-0.05, 0) is 42.2 Å². The Balaban J connectivity index is 1.48. The highest BCUT2D eigenvalue weighted by molar-refractivity contribution is 6.31. The molecule has 3 aromatic carbocycles. The Hall–Kier alpha value is -3.57. The summed E-state index contributed by atoms with van der Waals surface area (Å²) in [5.74, 6) is -0.513. The van der Waals surface area contributed by atoms with E-state index in [1.807, 2.05) is 48.5 Å². The van der Waals surface area contributed by atoms with E-state index >= 15 is 0 Å². The SMILES string of the molecule is CCOC(=O)CC(NC(=O)CCc1cn(Cc2ccccc2)c2ccccc12)c1ccccc1Cl. The fourth-order valence-corrected chi connectivity index (χ4v) is 4.60. The molecule has 0 aliphatic carbocycles. The van der Waals surface area contributed by atoms with E-state index in [4.69, 9.17) is 16.3 Å². The molecular weight excluding hydrogens is 460 g/mol. The highest BCUT2D eigenvalue weighted by Crippen LogP contribution is 2.27. The average molecular weight is 489 g/mol. The maximum atomic E-state index is 13.0. The van der Waals surface area contributed by atoms with Crippen LogP contribution < -0.4 is 5.32 Å². The number of halogens is 1. The van der Waals surface area contributed by atoms with Crippen molar-refractivity contribution in [3.8, 4) is 0 Å². The molecule has 0 saturated heterocycles. The average Bonchev–Trinajstić information content (AvgIpc) is 3.21. The molecule has 4 aromatic rings. The number of esters is 1. The molecule has 1 heterocycles. The zero-order valence-electron chi connectivity index (χ0n) is 19.7. The van der Waals surface area contributed by atoms with Crippen molar-refractivity contribution in [3.05, 3.63) is 107 Å². The van der Waals surface area contributed by atoms with E-state index in [1.54, 1.807) is 13.0 Å². The van der Waals surface area contributed by atoms with Crippen LogP contribution in [-0.4, -0.2) is 23.1 Å². The van der Waals surface area contributed by atoms with Crippen molar-refractivity contribution >= 4 is 34.4 Å². The Bertz CT molecular complexity index is 1300. The topological polar surface area (TPSA) is 60.3 Å². The number of carbonyl (C=O) groups is 2. The summed E-state index contributed by atoms with van der Waals surface area (Å²) in [7, 11) is 0. The molecule has 4 rings (SSSR count). The van der Waals surface area contributed by atoms with Gasteiger partial charge in [-0.15, -0.1) is 0 Å². The first-order valence-corrected chi connectivity index (χ1v) is 12.2. The van der Waals surface area contributed by atoms with Gasteiger partial charge in [-0.3, -0.25) is 9.59 Å². The highest BCUT2D eigenvalue weighted by atomic mass is 35.5. The van der Waals surface area contributed by atoms with Gasteiger partial charge >= 0.3 is 5.97 Å². The van der Waals surface area contributed by atoms with E-state index < -0.39 is 6.04 Å². The summed E-state index contributed by atoms with van der Waals surface area (Å²) in [5.41, 5.74) is 4.18. The van der Waals surface area contributed by atoms with Gasteiger partial charge in [-0.2, -0.15) is 0 Å². The number of amides is 1. The fraction of sp³-hybridized carbons (Fsp3) is 0.241. The van der Waals surface area contributed by atoms with Crippen molar-refractivity contribution in [3.63, 3.8) is 0 Å². The highest BCUT2D eigenvalue weighted by Gasteiger charge is 2.21. The Labute approximate surface area is 210 Å². The number of para-hydroxylation sites is 1. The Kier molecular flexibility index (Phi) is 8.22. The molecule has 180 valence electrons. The van der Waals surface area contributed by atoms with Crippen molar-refractivity contribution < 1.29 is 14.3 Å². The first-order chi connectivity index (χ1) is 17.0. The quantitative estimate of drug-likeness (QED) is 0.275. The third-order valence-electron chi connectivity index (χ3n) is 5.98. The molecule has 0 radical (unpaired) electrons. The summed E-state index contributed by atoms with van der Waals surface area (Å²) >= 11 is 6.36. The number of benzene rings is 3. The Morgan fingerprint density at radius 1 is 0.971 bits per heavy atom. The normalized spacial score (nSPS) is 11.8. The summed E-state index contributed by atoms with van der Waals surface area (Å²) in [6.07, 6.45) is 3.04. The number of hydrogen-bond acceptors (Lipinski definition) is 3. The number of aryl methyl sites for hydroxylation is 1. The number of aromatic nitrogens is 1. The molecule has 5 nitrogen and oxygen atoms in total.